The van der Waals surface area contributed by atoms with Crippen LogP contribution in [0.1, 0.15) is 32.3 Å². The van der Waals surface area contributed by atoms with Crippen molar-refractivity contribution in [3.63, 3.8) is 0 Å². The van der Waals surface area contributed by atoms with Gasteiger partial charge in [-0.3, -0.25) is 19.8 Å². The number of hydrogen-bond acceptors (Lipinski definition) is 6. The second kappa shape index (κ2) is 12.8. The first-order valence-corrected chi connectivity index (χ1v) is 12.4. The Hall–Kier alpha value is -3.85. The van der Waals surface area contributed by atoms with Crippen LogP contribution in [0.15, 0.2) is 42.5 Å². The lowest BCUT2D eigenvalue weighted by molar-refractivity contribution is -0.388. The number of anilines is 1. The van der Waals surface area contributed by atoms with Crippen molar-refractivity contribution in [1.82, 2.24) is 9.80 Å². The first kappa shape index (κ1) is 29.7. The molecular weight excluding hydrogens is 515 g/mol. The quantitative estimate of drug-likeness (QED) is 0.263. The summed E-state index contributed by atoms with van der Waals surface area (Å²) in [5.41, 5.74) is -0.654. The molecule has 1 amide bonds. The predicted molar refractivity (Wildman–Crippen MR) is 141 cm³/mol. The summed E-state index contributed by atoms with van der Waals surface area (Å²) in [6.45, 7) is 11.9. The third kappa shape index (κ3) is 7.60. The van der Waals surface area contributed by atoms with Crippen molar-refractivity contribution < 1.29 is 27.6 Å². The van der Waals surface area contributed by atoms with Crippen LogP contribution in [-0.4, -0.2) is 72.5 Å². The van der Waals surface area contributed by atoms with Crippen LogP contribution >= 0.6 is 0 Å². The lowest BCUT2D eigenvalue weighted by Gasteiger charge is -2.37. The standard InChI is InChI=1S/C26H28F3N5O4.CH4/c1-30-19-2-4-20(5-3-19)32-16-14-31(15-17-32)11-10-25(35)33-12-8-21(9-13-33)38-22-6-7-24(34(36)37)23(18-22)26(27,28)29;/h2-7,18,21H,8-17H2;1H4. The minimum absolute atomic E-state index is 0. The van der Waals surface area contributed by atoms with Gasteiger partial charge in [0, 0.05) is 76.8 Å². The maximum Gasteiger partial charge on any atom is 0.423 e. The molecule has 2 heterocycles. The topological polar surface area (TPSA) is 83.5 Å². The number of ether oxygens (including phenoxy) is 1. The van der Waals surface area contributed by atoms with Crippen LogP contribution < -0.4 is 9.64 Å². The molecule has 0 atom stereocenters. The SMILES string of the molecule is C.[C-]#[N+]c1ccc(N2CCN(CCC(=O)N3CCC(Oc4ccc([N+](=O)[O-])c(C(F)(F)F)c4)CC3)CC2)cc1. The molecule has 2 aromatic carbocycles. The maximum atomic E-state index is 13.2. The van der Waals surface area contributed by atoms with Gasteiger partial charge in [-0.2, -0.15) is 13.2 Å². The van der Waals surface area contributed by atoms with Crippen molar-refractivity contribution >= 4 is 23.0 Å². The summed E-state index contributed by atoms with van der Waals surface area (Å²) in [5.74, 6) is -0.0375. The Morgan fingerprint density at radius 1 is 1.05 bits per heavy atom. The monoisotopic (exact) mass is 547 g/mol. The molecule has 210 valence electrons. The van der Waals surface area contributed by atoms with Crippen molar-refractivity contribution in [1.29, 1.82) is 0 Å². The van der Waals surface area contributed by atoms with Crippen LogP contribution in [0, 0.1) is 16.7 Å². The zero-order valence-corrected chi connectivity index (χ0v) is 20.7. The van der Waals surface area contributed by atoms with Crippen molar-refractivity contribution in [3.8, 4) is 5.75 Å². The Morgan fingerprint density at radius 3 is 2.26 bits per heavy atom. The van der Waals surface area contributed by atoms with Crippen LogP contribution in [0.5, 0.6) is 5.75 Å². The third-order valence-corrected chi connectivity index (χ3v) is 6.93. The lowest BCUT2D eigenvalue weighted by Crippen LogP contribution is -2.48. The van der Waals surface area contributed by atoms with Gasteiger partial charge in [0.15, 0.2) is 5.69 Å². The molecule has 2 saturated heterocycles. The Balaban J connectivity index is 0.00000420. The van der Waals surface area contributed by atoms with E-state index in [1.54, 1.807) is 4.90 Å². The van der Waals surface area contributed by atoms with E-state index < -0.39 is 22.4 Å². The number of piperidine rings is 1. The van der Waals surface area contributed by atoms with Gasteiger partial charge in [0.2, 0.25) is 5.91 Å². The summed E-state index contributed by atoms with van der Waals surface area (Å²) in [6.07, 6.45) is -3.92. The van der Waals surface area contributed by atoms with E-state index in [0.717, 1.165) is 37.9 Å². The van der Waals surface area contributed by atoms with E-state index in [1.807, 2.05) is 24.3 Å². The Kier molecular flexibility index (Phi) is 9.75. The minimum Gasteiger partial charge on any atom is -0.490 e. The highest BCUT2D eigenvalue weighted by Gasteiger charge is 2.39. The molecule has 0 saturated carbocycles. The zero-order valence-electron chi connectivity index (χ0n) is 20.7. The summed E-state index contributed by atoms with van der Waals surface area (Å²) in [4.78, 5) is 32.3. The smallest absolute Gasteiger partial charge is 0.423 e. The number of benzene rings is 2. The zero-order chi connectivity index (χ0) is 27.3. The van der Waals surface area contributed by atoms with E-state index >= 15 is 0 Å². The van der Waals surface area contributed by atoms with Crippen LogP contribution in [0.4, 0.5) is 30.2 Å². The number of rotatable bonds is 7. The second-order valence-corrected chi connectivity index (χ2v) is 9.34. The van der Waals surface area contributed by atoms with Gasteiger partial charge in [0.1, 0.15) is 17.4 Å². The van der Waals surface area contributed by atoms with E-state index in [9.17, 15) is 28.1 Å². The fourth-order valence-electron chi connectivity index (χ4n) is 4.77. The van der Waals surface area contributed by atoms with Crippen molar-refractivity contribution in [3.05, 3.63) is 69.6 Å². The lowest BCUT2D eigenvalue weighted by atomic mass is 10.1. The molecule has 39 heavy (non-hydrogen) atoms. The van der Waals surface area contributed by atoms with Gasteiger partial charge in [-0.1, -0.05) is 19.6 Å². The van der Waals surface area contributed by atoms with Gasteiger partial charge in [-0.25, -0.2) is 4.85 Å². The van der Waals surface area contributed by atoms with E-state index in [2.05, 4.69) is 14.6 Å². The molecule has 0 aliphatic carbocycles. The van der Waals surface area contributed by atoms with Crippen LogP contribution in [-0.2, 0) is 11.0 Å². The number of carbonyl (C=O) groups excluding carboxylic acids is 1. The van der Waals surface area contributed by atoms with Crippen molar-refractivity contribution in [2.75, 3.05) is 50.7 Å². The first-order valence-electron chi connectivity index (χ1n) is 12.4. The maximum absolute atomic E-state index is 13.2. The number of piperazine rings is 1. The van der Waals surface area contributed by atoms with Gasteiger partial charge in [-0.15, -0.1) is 0 Å². The van der Waals surface area contributed by atoms with Crippen LogP contribution in [0.25, 0.3) is 4.85 Å². The second-order valence-electron chi connectivity index (χ2n) is 9.34. The summed E-state index contributed by atoms with van der Waals surface area (Å²) < 4.78 is 45.3. The number of nitrogens with zero attached hydrogens (tertiary/aromatic N) is 5. The van der Waals surface area contributed by atoms with Gasteiger partial charge in [0.05, 0.1) is 11.5 Å². The number of carbonyl (C=O) groups is 1. The molecule has 4 rings (SSSR count). The van der Waals surface area contributed by atoms with E-state index in [0.29, 0.717) is 50.7 Å². The molecule has 9 nitrogen and oxygen atoms in total. The van der Waals surface area contributed by atoms with Gasteiger partial charge >= 0.3 is 6.18 Å². The van der Waals surface area contributed by atoms with Gasteiger partial charge < -0.3 is 14.5 Å². The number of alkyl halides is 3. The number of nitro benzene ring substituents is 1. The molecule has 0 spiro atoms. The number of likely N-dealkylation sites (tertiary alicyclic amines) is 1. The average molecular weight is 548 g/mol. The normalized spacial score (nSPS) is 16.8. The molecule has 12 heteroatoms. The fourth-order valence-corrected chi connectivity index (χ4v) is 4.77. The summed E-state index contributed by atoms with van der Waals surface area (Å²) >= 11 is 0. The molecule has 0 N–H and O–H groups in total. The highest BCUT2D eigenvalue weighted by atomic mass is 19.4. The molecule has 0 bridgehead atoms. The molecule has 0 aromatic heterocycles. The van der Waals surface area contributed by atoms with Gasteiger partial charge in [-0.05, 0) is 24.3 Å². The highest BCUT2D eigenvalue weighted by Crippen LogP contribution is 2.38. The van der Waals surface area contributed by atoms with Crippen LogP contribution in [0.2, 0.25) is 0 Å². The first-order chi connectivity index (χ1) is 18.1. The Bertz CT molecular complexity index is 1180. The van der Waals surface area contributed by atoms with Crippen molar-refractivity contribution in [2.45, 2.75) is 39.0 Å². The largest absolute Gasteiger partial charge is 0.490 e. The fraction of sp³-hybridized carbons (Fsp3) is 0.481. The highest BCUT2D eigenvalue weighted by molar-refractivity contribution is 5.76. The van der Waals surface area contributed by atoms with Crippen molar-refractivity contribution in [2.24, 2.45) is 0 Å². The minimum atomic E-state index is -4.87. The van der Waals surface area contributed by atoms with E-state index in [1.165, 1.54) is 6.07 Å². The number of amides is 1. The molecular formula is C27H32F3N5O4. The summed E-state index contributed by atoms with van der Waals surface area (Å²) in [6, 6.07) is 10.2. The molecule has 2 aromatic rings. The molecule has 0 unspecified atom stereocenters. The summed E-state index contributed by atoms with van der Waals surface area (Å²) in [7, 11) is 0. The number of nitro groups is 1. The van der Waals surface area contributed by atoms with E-state index in [-0.39, 0.29) is 25.2 Å². The number of halogens is 3. The number of hydrogen-bond donors (Lipinski definition) is 0. The summed E-state index contributed by atoms with van der Waals surface area (Å²) in [5, 5.41) is 10.9. The molecule has 2 fully saturated rings. The average Bonchev–Trinajstić information content (AvgIpc) is 2.92. The van der Waals surface area contributed by atoms with Gasteiger partial charge in [0.25, 0.3) is 5.69 Å². The molecule has 2 aliphatic heterocycles. The third-order valence-electron chi connectivity index (χ3n) is 6.93. The molecule has 0 radical (unpaired) electrons. The predicted octanol–water partition coefficient (Wildman–Crippen LogP) is 5.38. The van der Waals surface area contributed by atoms with E-state index in [4.69, 9.17) is 11.3 Å². The Labute approximate surface area is 225 Å². The molecule has 2 aliphatic rings. The van der Waals surface area contributed by atoms with Crippen LogP contribution in [0.3, 0.4) is 0 Å². The Morgan fingerprint density at radius 2 is 1.69 bits per heavy atom.